The summed E-state index contributed by atoms with van der Waals surface area (Å²) in [5, 5.41) is 12.6. The molecule has 1 heterocycles. The summed E-state index contributed by atoms with van der Waals surface area (Å²) in [6, 6.07) is 0.371. The van der Waals surface area contributed by atoms with Crippen LogP contribution in [0, 0.1) is 0 Å². The minimum absolute atomic E-state index is 0.310. The van der Waals surface area contributed by atoms with Crippen molar-refractivity contribution in [2.75, 3.05) is 27.2 Å². The number of rotatable bonds is 4. The Labute approximate surface area is 115 Å². The van der Waals surface area contributed by atoms with E-state index in [1.54, 1.807) is 14.2 Å². The smallest absolute Gasteiger partial charge is 0.323 e. The van der Waals surface area contributed by atoms with Gasteiger partial charge in [0, 0.05) is 19.7 Å². The maximum Gasteiger partial charge on any atom is 0.323 e. The summed E-state index contributed by atoms with van der Waals surface area (Å²) in [6.45, 7) is 2.02. The second-order valence-corrected chi connectivity index (χ2v) is 5.88. The van der Waals surface area contributed by atoms with E-state index >= 15 is 0 Å². The molecule has 3 atom stereocenters. The fourth-order valence-corrected chi connectivity index (χ4v) is 3.58. The zero-order valence-corrected chi connectivity index (χ0v) is 12.0. The molecule has 0 aromatic carbocycles. The van der Waals surface area contributed by atoms with Crippen LogP contribution in [0.2, 0.25) is 0 Å². The van der Waals surface area contributed by atoms with E-state index in [-0.39, 0.29) is 0 Å². The van der Waals surface area contributed by atoms with E-state index < -0.39 is 11.5 Å². The largest absolute Gasteiger partial charge is 0.480 e. The number of nitrogens with zero attached hydrogens (tertiary/aromatic N) is 1. The van der Waals surface area contributed by atoms with E-state index in [2.05, 4.69) is 10.2 Å². The molecule has 0 amide bonds. The molecule has 5 heteroatoms. The van der Waals surface area contributed by atoms with Crippen molar-refractivity contribution in [3.63, 3.8) is 0 Å². The van der Waals surface area contributed by atoms with Crippen LogP contribution in [0.4, 0.5) is 0 Å². The number of hydrogen-bond donors (Lipinski definition) is 2. The number of nitrogens with one attached hydrogen (secondary N) is 1. The van der Waals surface area contributed by atoms with Crippen molar-refractivity contribution in [2.45, 2.75) is 56.2 Å². The molecular weight excluding hydrogens is 244 g/mol. The highest BCUT2D eigenvalue weighted by atomic mass is 16.5. The predicted molar refractivity (Wildman–Crippen MR) is 73.3 cm³/mol. The Hall–Kier alpha value is -0.650. The van der Waals surface area contributed by atoms with Crippen molar-refractivity contribution in [2.24, 2.45) is 0 Å². The van der Waals surface area contributed by atoms with Gasteiger partial charge in [-0.15, -0.1) is 0 Å². The molecule has 1 saturated carbocycles. The van der Waals surface area contributed by atoms with Gasteiger partial charge in [-0.3, -0.25) is 9.69 Å². The molecule has 1 aliphatic heterocycles. The molecule has 0 radical (unpaired) electrons. The number of carboxylic acid groups (broad SMARTS) is 1. The Morgan fingerprint density at radius 1 is 1.42 bits per heavy atom. The van der Waals surface area contributed by atoms with Crippen LogP contribution < -0.4 is 5.32 Å². The lowest BCUT2D eigenvalue weighted by Gasteiger charge is -2.44. The van der Waals surface area contributed by atoms with Gasteiger partial charge in [-0.25, -0.2) is 0 Å². The molecule has 0 aromatic rings. The zero-order chi connectivity index (χ0) is 13.9. The SMILES string of the molecule is CNC1(C(=O)O)CCCC(N2CCCC(OC)C2)C1. The van der Waals surface area contributed by atoms with E-state index in [1.165, 1.54) is 0 Å². The van der Waals surface area contributed by atoms with E-state index in [9.17, 15) is 9.90 Å². The van der Waals surface area contributed by atoms with Crippen LogP contribution in [-0.4, -0.2) is 60.9 Å². The molecule has 1 aliphatic carbocycles. The van der Waals surface area contributed by atoms with Gasteiger partial charge < -0.3 is 15.2 Å². The van der Waals surface area contributed by atoms with Crippen molar-refractivity contribution >= 4 is 5.97 Å². The van der Waals surface area contributed by atoms with Crippen molar-refractivity contribution in [1.82, 2.24) is 10.2 Å². The number of carbonyl (C=O) groups is 1. The van der Waals surface area contributed by atoms with Crippen LogP contribution >= 0.6 is 0 Å². The monoisotopic (exact) mass is 270 g/mol. The minimum atomic E-state index is -0.733. The molecule has 0 bridgehead atoms. The Morgan fingerprint density at radius 3 is 2.84 bits per heavy atom. The van der Waals surface area contributed by atoms with Crippen LogP contribution in [0.1, 0.15) is 38.5 Å². The molecule has 110 valence electrons. The number of piperidine rings is 1. The van der Waals surface area contributed by atoms with E-state index in [0.29, 0.717) is 18.6 Å². The lowest BCUT2D eigenvalue weighted by molar-refractivity contribution is -0.147. The number of likely N-dealkylation sites (tertiary alicyclic amines) is 1. The topological polar surface area (TPSA) is 61.8 Å². The Kier molecular flexibility index (Phi) is 4.81. The fraction of sp³-hybridized carbons (Fsp3) is 0.929. The van der Waals surface area contributed by atoms with Gasteiger partial charge in [0.15, 0.2) is 0 Å². The Morgan fingerprint density at radius 2 is 2.21 bits per heavy atom. The summed E-state index contributed by atoms with van der Waals surface area (Å²) < 4.78 is 5.46. The average Bonchev–Trinajstić information content (AvgIpc) is 2.47. The molecule has 2 rings (SSSR count). The van der Waals surface area contributed by atoms with Gasteiger partial charge in [-0.05, 0) is 52.1 Å². The number of aliphatic carboxylic acids is 1. The summed E-state index contributed by atoms with van der Waals surface area (Å²) in [6.07, 6.45) is 6.10. The molecule has 0 spiro atoms. The third-order valence-corrected chi connectivity index (χ3v) is 4.87. The quantitative estimate of drug-likeness (QED) is 0.800. The standard InChI is InChI=1S/C14H26N2O3/c1-15-14(13(17)18)7-3-5-11(9-14)16-8-4-6-12(10-16)19-2/h11-12,15H,3-10H2,1-2H3,(H,17,18). The third kappa shape index (κ3) is 3.09. The molecule has 1 saturated heterocycles. The van der Waals surface area contributed by atoms with Gasteiger partial charge in [-0.1, -0.05) is 0 Å². The second kappa shape index (κ2) is 6.20. The Balaban J connectivity index is 2.02. The van der Waals surface area contributed by atoms with Gasteiger partial charge in [0.05, 0.1) is 6.10 Å². The summed E-state index contributed by atoms with van der Waals surface area (Å²) in [7, 11) is 3.54. The van der Waals surface area contributed by atoms with Crippen LogP contribution in [-0.2, 0) is 9.53 Å². The molecule has 0 aromatic heterocycles. The summed E-state index contributed by atoms with van der Waals surface area (Å²) in [4.78, 5) is 14.0. The molecule has 2 fully saturated rings. The molecular formula is C14H26N2O3. The van der Waals surface area contributed by atoms with Gasteiger partial charge in [0.2, 0.25) is 0 Å². The second-order valence-electron chi connectivity index (χ2n) is 5.88. The van der Waals surface area contributed by atoms with Gasteiger partial charge in [-0.2, -0.15) is 0 Å². The highest BCUT2D eigenvalue weighted by Gasteiger charge is 2.43. The number of methoxy groups -OCH3 is 1. The first-order valence-corrected chi connectivity index (χ1v) is 7.30. The molecule has 2 aliphatic rings. The minimum Gasteiger partial charge on any atom is -0.480 e. The normalized spacial score (nSPS) is 37.2. The van der Waals surface area contributed by atoms with E-state index in [4.69, 9.17) is 4.74 Å². The van der Waals surface area contributed by atoms with Gasteiger partial charge >= 0.3 is 5.97 Å². The van der Waals surface area contributed by atoms with Gasteiger partial charge in [0.1, 0.15) is 5.54 Å². The first-order valence-electron chi connectivity index (χ1n) is 7.30. The first kappa shape index (κ1) is 14.8. The third-order valence-electron chi connectivity index (χ3n) is 4.87. The zero-order valence-electron chi connectivity index (χ0n) is 12.0. The molecule has 5 nitrogen and oxygen atoms in total. The summed E-state index contributed by atoms with van der Waals surface area (Å²) in [5.74, 6) is -0.708. The van der Waals surface area contributed by atoms with Crippen molar-refractivity contribution < 1.29 is 14.6 Å². The lowest BCUT2D eigenvalue weighted by Crippen LogP contribution is -2.58. The number of carboxylic acids is 1. The predicted octanol–water partition coefficient (Wildman–Crippen LogP) is 1.08. The fourth-order valence-electron chi connectivity index (χ4n) is 3.58. The molecule has 19 heavy (non-hydrogen) atoms. The van der Waals surface area contributed by atoms with Crippen molar-refractivity contribution in [3.05, 3.63) is 0 Å². The van der Waals surface area contributed by atoms with Crippen LogP contribution in [0.5, 0.6) is 0 Å². The first-order chi connectivity index (χ1) is 9.11. The van der Waals surface area contributed by atoms with Crippen LogP contribution in [0.15, 0.2) is 0 Å². The average molecular weight is 270 g/mol. The molecule has 2 N–H and O–H groups in total. The summed E-state index contributed by atoms with van der Waals surface area (Å²) >= 11 is 0. The highest BCUT2D eigenvalue weighted by Crippen LogP contribution is 2.32. The van der Waals surface area contributed by atoms with Gasteiger partial charge in [0.25, 0.3) is 0 Å². The lowest BCUT2D eigenvalue weighted by atomic mass is 9.78. The number of hydrogen-bond acceptors (Lipinski definition) is 4. The van der Waals surface area contributed by atoms with Crippen molar-refractivity contribution in [3.8, 4) is 0 Å². The maximum atomic E-state index is 11.6. The Bertz CT molecular complexity index is 324. The van der Waals surface area contributed by atoms with E-state index in [1.807, 2.05) is 0 Å². The van der Waals surface area contributed by atoms with Crippen LogP contribution in [0.25, 0.3) is 0 Å². The molecule has 3 unspecified atom stereocenters. The van der Waals surface area contributed by atoms with Crippen LogP contribution in [0.3, 0.4) is 0 Å². The van der Waals surface area contributed by atoms with E-state index in [0.717, 1.165) is 45.2 Å². The highest BCUT2D eigenvalue weighted by molar-refractivity contribution is 5.79. The van der Waals surface area contributed by atoms with Crippen molar-refractivity contribution in [1.29, 1.82) is 0 Å². The maximum absolute atomic E-state index is 11.6. The summed E-state index contributed by atoms with van der Waals surface area (Å²) in [5.41, 5.74) is -0.733. The number of likely N-dealkylation sites (N-methyl/N-ethyl adjacent to an activating group) is 1. The number of ether oxygens (including phenoxy) is 1.